The third-order valence-corrected chi connectivity index (χ3v) is 9.84. The summed E-state index contributed by atoms with van der Waals surface area (Å²) in [4.78, 5) is 12.2. The minimum absolute atomic E-state index is 0.0814. The Kier molecular flexibility index (Phi) is 3.78. The number of Topliss-reactive ketones (excluding diaryl/α,β-unsaturated/α-hetero) is 1. The predicted octanol–water partition coefficient (Wildman–Crippen LogP) is 4.99. The molecule has 0 heterocycles. The Morgan fingerprint density at radius 2 is 1.67 bits per heavy atom. The molecule has 2 heteroatoms. The summed E-state index contributed by atoms with van der Waals surface area (Å²) < 4.78 is 0. The van der Waals surface area contributed by atoms with Gasteiger partial charge >= 0.3 is 0 Å². The molecule has 0 aromatic carbocycles. The number of hydrogen-bond donors (Lipinski definition) is 1. The van der Waals surface area contributed by atoms with E-state index >= 15 is 0 Å². The van der Waals surface area contributed by atoms with Crippen LogP contribution >= 0.6 is 0 Å². The van der Waals surface area contributed by atoms with E-state index in [0.717, 1.165) is 37.0 Å². The SMILES string of the molecule is CC(=O)[C@H]1CC[C@H]2[C@@H]3CCC4(C)CC(O)CC[C@]4(C)[C@H]3CC[C@]12C. The van der Waals surface area contributed by atoms with Crippen molar-refractivity contribution < 1.29 is 9.90 Å². The molecule has 0 radical (unpaired) electrons. The van der Waals surface area contributed by atoms with Gasteiger partial charge in [0.1, 0.15) is 5.78 Å². The fourth-order valence-corrected chi connectivity index (χ4v) is 8.28. The van der Waals surface area contributed by atoms with Crippen molar-refractivity contribution in [1.82, 2.24) is 0 Å². The van der Waals surface area contributed by atoms with Gasteiger partial charge in [-0.25, -0.2) is 0 Å². The molecule has 0 aliphatic heterocycles. The lowest BCUT2D eigenvalue weighted by Crippen LogP contribution is -2.58. The van der Waals surface area contributed by atoms with Crippen molar-refractivity contribution in [3.63, 3.8) is 0 Å². The van der Waals surface area contributed by atoms with Crippen LogP contribution in [0.15, 0.2) is 0 Å². The van der Waals surface area contributed by atoms with Crippen molar-refractivity contribution in [3.05, 3.63) is 0 Å². The van der Waals surface area contributed by atoms with Crippen molar-refractivity contribution in [3.8, 4) is 0 Å². The average molecular weight is 333 g/mol. The molecule has 4 aliphatic rings. The zero-order valence-electron chi connectivity index (χ0n) is 16.1. The standard InChI is InChI=1S/C22H36O2/c1-14(23)17-5-6-18-16-8-10-20(2)13-15(24)7-12-22(20,4)19(16)9-11-21(17,18)3/h15-19,24H,5-13H2,1-4H3/t15?,16-,17+,18-,19-,20?,21+,22+/m0/s1. The molecule has 4 rings (SSSR count). The van der Waals surface area contributed by atoms with E-state index in [0.29, 0.717) is 22.5 Å². The zero-order valence-corrected chi connectivity index (χ0v) is 16.1. The molecule has 136 valence electrons. The fraction of sp³-hybridized carbons (Fsp3) is 0.955. The molecule has 8 atom stereocenters. The summed E-state index contributed by atoms with van der Waals surface area (Å²) in [6.45, 7) is 9.28. The van der Waals surface area contributed by atoms with Gasteiger partial charge in [0.25, 0.3) is 0 Å². The highest BCUT2D eigenvalue weighted by atomic mass is 16.3. The Hall–Kier alpha value is -0.370. The number of fused-ring (bicyclic) bond motifs is 5. The number of carbonyl (C=O) groups is 1. The van der Waals surface area contributed by atoms with Crippen molar-refractivity contribution in [2.24, 2.45) is 39.9 Å². The van der Waals surface area contributed by atoms with Crippen LogP contribution in [0.1, 0.15) is 85.5 Å². The minimum Gasteiger partial charge on any atom is -0.393 e. The summed E-state index contributed by atoms with van der Waals surface area (Å²) >= 11 is 0. The molecule has 4 fully saturated rings. The first-order valence-electron chi connectivity index (χ1n) is 10.4. The first kappa shape index (κ1) is 17.1. The van der Waals surface area contributed by atoms with Crippen LogP contribution in [0.3, 0.4) is 0 Å². The van der Waals surface area contributed by atoms with Gasteiger partial charge in [-0.3, -0.25) is 4.79 Å². The molecule has 0 bridgehead atoms. The number of ketones is 1. The second-order valence-corrected chi connectivity index (χ2v) is 10.6. The van der Waals surface area contributed by atoms with Crippen LogP contribution < -0.4 is 0 Å². The molecular formula is C22H36O2. The summed E-state index contributed by atoms with van der Waals surface area (Å²) in [7, 11) is 0. The van der Waals surface area contributed by atoms with Gasteiger partial charge in [-0.15, -0.1) is 0 Å². The van der Waals surface area contributed by atoms with Gasteiger partial charge in [0.2, 0.25) is 0 Å². The summed E-state index contributed by atoms with van der Waals surface area (Å²) in [5, 5.41) is 10.3. The Morgan fingerprint density at radius 3 is 2.38 bits per heavy atom. The number of hydrogen-bond acceptors (Lipinski definition) is 2. The summed E-state index contributed by atoms with van der Waals surface area (Å²) in [5.74, 6) is 3.15. The van der Waals surface area contributed by atoms with E-state index in [4.69, 9.17) is 0 Å². The number of aliphatic hydroxyl groups is 1. The van der Waals surface area contributed by atoms with Gasteiger partial charge < -0.3 is 5.11 Å². The van der Waals surface area contributed by atoms with E-state index in [1.807, 2.05) is 6.92 Å². The highest BCUT2D eigenvalue weighted by Crippen LogP contribution is 2.70. The van der Waals surface area contributed by atoms with E-state index in [9.17, 15) is 9.90 Å². The van der Waals surface area contributed by atoms with Crippen LogP contribution in [-0.2, 0) is 4.79 Å². The van der Waals surface area contributed by atoms with Gasteiger partial charge in [-0.2, -0.15) is 0 Å². The highest BCUT2D eigenvalue weighted by Gasteiger charge is 2.63. The van der Waals surface area contributed by atoms with E-state index in [-0.39, 0.29) is 11.5 Å². The zero-order chi connectivity index (χ0) is 17.3. The van der Waals surface area contributed by atoms with Crippen LogP contribution in [0.4, 0.5) is 0 Å². The van der Waals surface area contributed by atoms with Crippen LogP contribution in [-0.4, -0.2) is 17.0 Å². The highest BCUT2D eigenvalue weighted by molar-refractivity contribution is 5.79. The maximum Gasteiger partial charge on any atom is 0.133 e. The molecule has 2 nitrogen and oxygen atoms in total. The molecule has 2 unspecified atom stereocenters. The lowest BCUT2D eigenvalue weighted by Gasteiger charge is -2.65. The van der Waals surface area contributed by atoms with Crippen LogP contribution in [0.5, 0.6) is 0 Å². The van der Waals surface area contributed by atoms with Crippen molar-refractivity contribution in [2.45, 2.75) is 91.6 Å². The Morgan fingerprint density at radius 1 is 0.917 bits per heavy atom. The van der Waals surface area contributed by atoms with E-state index in [1.165, 1.54) is 38.5 Å². The van der Waals surface area contributed by atoms with Gasteiger partial charge in [0.05, 0.1) is 6.10 Å². The molecule has 0 saturated heterocycles. The molecule has 0 spiro atoms. The number of aliphatic hydroxyl groups excluding tert-OH is 1. The largest absolute Gasteiger partial charge is 0.393 e. The first-order chi connectivity index (χ1) is 11.2. The molecule has 4 aliphatic carbocycles. The van der Waals surface area contributed by atoms with Crippen LogP contribution in [0, 0.1) is 39.9 Å². The Bertz CT molecular complexity index is 542. The third kappa shape index (κ3) is 2.07. The van der Waals surface area contributed by atoms with Gasteiger partial charge in [0.15, 0.2) is 0 Å². The molecule has 4 saturated carbocycles. The van der Waals surface area contributed by atoms with Gasteiger partial charge in [0, 0.05) is 5.92 Å². The van der Waals surface area contributed by atoms with Gasteiger partial charge in [-0.1, -0.05) is 20.8 Å². The van der Waals surface area contributed by atoms with Gasteiger partial charge in [-0.05, 0) is 98.7 Å². The fourth-order valence-electron chi connectivity index (χ4n) is 8.28. The minimum atomic E-state index is -0.0814. The molecule has 0 aromatic heterocycles. The number of rotatable bonds is 1. The lowest BCUT2D eigenvalue weighted by molar-refractivity contribution is -0.171. The molecule has 1 N–H and O–H groups in total. The second kappa shape index (κ2) is 5.32. The monoisotopic (exact) mass is 332 g/mol. The molecule has 0 amide bonds. The summed E-state index contributed by atoms with van der Waals surface area (Å²) in [6, 6.07) is 0. The molecule has 24 heavy (non-hydrogen) atoms. The normalized spacial score (nSPS) is 57.0. The summed E-state index contributed by atoms with van der Waals surface area (Å²) in [5.41, 5.74) is 0.980. The molecule has 0 aromatic rings. The topological polar surface area (TPSA) is 37.3 Å². The van der Waals surface area contributed by atoms with Crippen molar-refractivity contribution >= 4 is 5.78 Å². The maximum atomic E-state index is 12.2. The summed E-state index contributed by atoms with van der Waals surface area (Å²) in [6.07, 6.45) is 10.7. The average Bonchev–Trinajstić information content (AvgIpc) is 2.86. The van der Waals surface area contributed by atoms with Crippen LogP contribution in [0.25, 0.3) is 0 Å². The molecular weight excluding hydrogens is 296 g/mol. The smallest absolute Gasteiger partial charge is 0.133 e. The van der Waals surface area contributed by atoms with E-state index in [2.05, 4.69) is 20.8 Å². The number of carbonyl (C=O) groups excluding carboxylic acids is 1. The van der Waals surface area contributed by atoms with Crippen molar-refractivity contribution in [1.29, 1.82) is 0 Å². The van der Waals surface area contributed by atoms with Crippen LogP contribution in [0.2, 0.25) is 0 Å². The van der Waals surface area contributed by atoms with Crippen molar-refractivity contribution in [2.75, 3.05) is 0 Å². The maximum absolute atomic E-state index is 12.2. The Labute approximate surface area is 147 Å². The predicted molar refractivity (Wildman–Crippen MR) is 96.5 cm³/mol. The third-order valence-electron chi connectivity index (χ3n) is 9.84. The van der Waals surface area contributed by atoms with E-state index in [1.54, 1.807) is 0 Å². The first-order valence-corrected chi connectivity index (χ1v) is 10.4. The lowest BCUT2D eigenvalue weighted by atomic mass is 9.40. The van der Waals surface area contributed by atoms with E-state index < -0.39 is 0 Å². The Balaban J connectivity index is 1.65. The second-order valence-electron chi connectivity index (χ2n) is 10.6. The quantitative estimate of drug-likeness (QED) is 0.735.